The number of carbonyl (C=O) groups is 1. The fraction of sp³-hybridized carbons (Fsp3) is 0.222. The summed E-state index contributed by atoms with van der Waals surface area (Å²) in [6, 6.07) is 4.39. The molecule has 0 aliphatic rings. The minimum atomic E-state index is -1.59. The van der Waals surface area contributed by atoms with Crippen LogP contribution in [0.5, 0.6) is 5.75 Å². The average Bonchev–Trinajstić information content (AvgIpc) is 2.16. The highest BCUT2D eigenvalue weighted by Gasteiger charge is 2.19. The van der Waals surface area contributed by atoms with Gasteiger partial charge in [-0.2, -0.15) is 0 Å². The second kappa shape index (κ2) is 3.97. The highest BCUT2D eigenvalue weighted by atomic mass is 16.5. The van der Waals surface area contributed by atoms with Gasteiger partial charge < -0.3 is 20.7 Å². The Kier molecular flexibility index (Phi) is 2.93. The molecule has 76 valence electrons. The highest BCUT2D eigenvalue weighted by molar-refractivity contribution is 5.75. The Hall–Kier alpha value is -1.75. The van der Waals surface area contributed by atoms with Crippen LogP contribution in [0.25, 0.3) is 0 Å². The molecule has 1 aromatic rings. The van der Waals surface area contributed by atoms with E-state index in [1.54, 1.807) is 0 Å². The number of nitrogen functional groups attached to an aromatic ring is 1. The molecule has 1 unspecified atom stereocenters. The third-order valence-corrected chi connectivity index (χ3v) is 1.79. The Bertz CT molecular complexity index is 351. The molecule has 0 amide bonds. The van der Waals surface area contributed by atoms with E-state index in [1.807, 2.05) is 0 Å². The van der Waals surface area contributed by atoms with Crippen molar-refractivity contribution in [2.75, 3.05) is 12.8 Å². The number of rotatable bonds is 3. The number of carboxylic acids is 1. The van der Waals surface area contributed by atoms with Gasteiger partial charge in [0.25, 0.3) is 0 Å². The van der Waals surface area contributed by atoms with Crippen molar-refractivity contribution in [3.8, 4) is 5.75 Å². The number of anilines is 1. The van der Waals surface area contributed by atoms with Crippen LogP contribution in [-0.4, -0.2) is 23.3 Å². The van der Waals surface area contributed by atoms with E-state index in [0.717, 1.165) is 0 Å². The van der Waals surface area contributed by atoms with Crippen molar-refractivity contribution < 1.29 is 19.7 Å². The lowest BCUT2D eigenvalue weighted by atomic mass is 10.1. The van der Waals surface area contributed by atoms with Gasteiger partial charge in [0.2, 0.25) is 0 Å². The topological polar surface area (TPSA) is 92.8 Å². The van der Waals surface area contributed by atoms with Gasteiger partial charge in [-0.1, -0.05) is 6.07 Å². The molecule has 1 atom stereocenters. The Morgan fingerprint density at radius 3 is 2.71 bits per heavy atom. The molecule has 5 nitrogen and oxygen atoms in total. The molecule has 14 heavy (non-hydrogen) atoms. The van der Waals surface area contributed by atoms with E-state index < -0.39 is 12.1 Å². The minimum Gasteiger partial charge on any atom is -0.496 e. The van der Waals surface area contributed by atoms with Crippen LogP contribution in [0, 0.1) is 0 Å². The van der Waals surface area contributed by atoms with Crippen molar-refractivity contribution in [1.29, 1.82) is 0 Å². The third-order valence-electron chi connectivity index (χ3n) is 1.79. The number of methoxy groups -OCH3 is 1. The number of hydrogen-bond donors (Lipinski definition) is 3. The Labute approximate surface area is 80.7 Å². The van der Waals surface area contributed by atoms with Crippen molar-refractivity contribution in [1.82, 2.24) is 0 Å². The van der Waals surface area contributed by atoms with Crippen LogP contribution in [0.1, 0.15) is 11.7 Å². The number of aliphatic hydroxyl groups is 1. The second-order valence-corrected chi connectivity index (χ2v) is 2.74. The first-order valence-electron chi connectivity index (χ1n) is 3.90. The SMILES string of the molecule is COc1cc(N)ccc1C(O)C(=O)O. The molecule has 0 saturated heterocycles. The Morgan fingerprint density at radius 2 is 2.21 bits per heavy atom. The molecule has 0 aliphatic carbocycles. The first kappa shape index (κ1) is 10.3. The van der Waals surface area contributed by atoms with Gasteiger partial charge in [0.1, 0.15) is 5.75 Å². The first-order chi connectivity index (χ1) is 6.56. The van der Waals surface area contributed by atoms with Crippen LogP contribution < -0.4 is 10.5 Å². The van der Waals surface area contributed by atoms with Crippen molar-refractivity contribution in [3.05, 3.63) is 23.8 Å². The second-order valence-electron chi connectivity index (χ2n) is 2.74. The molecule has 1 aromatic carbocycles. The van der Waals surface area contributed by atoms with Crippen LogP contribution in [0.15, 0.2) is 18.2 Å². The predicted octanol–water partition coefficient (Wildman–Crippen LogP) is 0.395. The highest BCUT2D eigenvalue weighted by Crippen LogP contribution is 2.27. The molecule has 0 heterocycles. The number of benzene rings is 1. The Balaban J connectivity index is 3.13. The monoisotopic (exact) mass is 197 g/mol. The zero-order valence-corrected chi connectivity index (χ0v) is 7.60. The quantitative estimate of drug-likeness (QED) is 0.610. The smallest absolute Gasteiger partial charge is 0.337 e. The standard InChI is InChI=1S/C9H11NO4/c1-14-7-4-5(10)2-3-6(7)8(11)9(12)13/h2-4,8,11H,10H2,1H3,(H,12,13). The van der Waals surface area contributed by atoms with Gasteiger partial charge in [0, 0.05) is 17.3 Å². The van der Waals surface area contributed by atoms with E-state index in [-0.39, 0.29) is 11.3 Å². The molecule has 0 saturated carbocycles. The number of hydrogen-bond acceptors (Lipinski definition) is 4. The Morgan fingerprint density at radius 1 is 1.57 bits per heavy atom. The number of aliphatic hydroxyl groups excluding tert-OH is 1. The normalized spacial score (nSPS) is 12.1. The summed E-state index contributed by atoms with van der Waals surface area (Å²) in [5.74, 6) is -1.06. The summed E-state index contributed by atoms with van der Waals surface area (Å²) in [6.45, 7) is 0. The zero-order chi connectivity index (χ0) is 10.7. The minimum absolute atomic E-state index is 0.189. The van der Waals surface area contributed by atoms with E-state index >= 15 is 0 Å². The summed E-state index contributed by atoms with van der Waals surface area (Å²) in [5, 5.41) is 17.9. The molecule has 0 aliphatic heterocycles. The average molecular weight is 197 g/mol. The van der Waals surface area contributed by atoms with E-state index in [0.29, 0.717) is 5.69 Å². The molecule has 1 rings (SSSR count). The first-order valence-corrected chi connectivity index (χ1v) is 3.90. The summed E-state index contributed by atoms with van der Waals surface area (Å²) >= 11 is 0. The van der Waals surface area contributed by atoms with Gasteiger partial charge in [-0.3, -0.25) is 0 Å². The van der Waals surface area contributed by atoms with Gasteiger partial charge in [-0.05, 0) is 6.07 Å². The predicted molar refractivity (Wildman–Crippen MR) is 50.0 cm³/mol. The fourth-order valence-corrected chi connectivity index (χ4v) is 1.09. The van der Waals surface area contributed by atoms with Crippen molar-refractivity contribution in [2.45, 2.75) is 6.10 Å². The fourth-order valence-electron chi connectivity index (χ4n) is 1.09. The van der Waals surface area contributed by atoms with E-state index in [1.165, 1.54) is 25.3 Å². The maximum absolute atomic E-state index is 10.5. The molecular formula is C9H11NO4. The van der Waals surface area contributed by atoms with Crippen LogP contribution in [0.3, 0.4) is 0 Å². The molecule has 0 spiro atoms. The lowest BCUT2D eigenvalue weighted by Gasteiger charge is -2.11. The number of nitrogens with two attached hydrogens (primary N) is 1. The molecule has 4 N–H and O–H groups in total. The summed E-state index contributed by atoms with van der Waals surface area (Å²) < 4.78 is 4.89. The lowest BCUT2D eigenvalue weighted by molar-refractivity contribution is -0.147. The summed E-state index contributed by atoms with van der Waals surface area (Å²) in [5.41, 5.74) is 6.11. The van der Waals surface area contributed by atoms with E-state index in [4.69, 9.17) is 15.6 Å². The lowest BCUT2D eigenvalue weighted by Crippen LogP contribution is -2.11. The maximum Gasteiger partial charge on any atom is 0.337 e. The molecule has 5 heteroatoms. The molecule has 0 fully saturated rings. The molecule has 0 radical (unpaired) electrons. The van der Waals surface area contributed by atoms with Gasteiger partial charge >= 0.3 is 5.97 Å². The van der Waals surface area contributed by atoms with Crippen molar-refractivity contribution in [2.24, 2.45) is 0 Å². The van der Waals surface area contributed by atoms with E-state index in [9.17, 15) is 9.90 Å². The van der Waals surface area contributed by atoms with Gasteiger partial charge in [0.15, 0.2) is 6.10 Å². The van der Waals surface area contributed by atoms with Crippen LogP contribution in [-0.2, 0) is 4.79 Å². The van der Waals surface area contributed by atoms with E-state index in [2.05, 4.69) is 0 Å². The van der Waals surface area contributed by atoms with Crippen molar-refractivity contribution in [3.63, 3.8) is 0 Å². The largest absolute Gasteiger partial charge is 0.496 e. The summed E-state index contributed by atoms with van der Waals surface area (Å²) in [7, 11) is 1.38. The van der Waals surface area contributed by atoms with Gasteiger partial charge in [0.05, 0.1) is 7.11 Å². The van der Waals surface area contributed by atoms with Crippen LogP contribution in [0.2, 0.25) is 0 Å². The number of aliphatic carboxylic acids is 1. The number of ether oxygens (including phenoxy) is 1. The summed E-state index contributed by atoms with van der Waals surface area (Å²) in [6.07, 6.45) is -1.59. The molecule has 0 bridgehead atoms. The summed E-state index contributed by atoms with van der Waals surface area (Å²) in [4.78, 5) is 10.5. The maximum atomic E-state index is 10.5. The number of carboxylic acid groups (broad SMARTS) is 1. The van der Waals surface area contributed by atoms with Gasteiger partial charge in [-0.15, -0.1) is 0 Å². The molecular weight excluding hydrogens is 186 g/mol. The zero-order valence-electron chi connectivity index (χ0n) is 7.60. The van der Waals surface area contributed by atoms with Crippen molar-refractivity contribution >= 4 is 11.7 Å². The third kappa shape index (κ3) is 1.94. The van der Waals surface area contributed by atoms with Gasteiger partial charge in [-0.25, -0.2) is 4.79 Å². The molecule has 0 aromatic heterocycles. The van der Waals surface area contributed by atoms with Crippen LogP contribution >= 0.6 is 0 Å². The van der Waals surface area contributed by atoms with Crippen LogP contribution in [0.4, 0.5) is 5.69 Å².